The van der Waals surface area contributed by atoms with Crippen molar-refractivity contribution in [3.8, 4) is 5.75 Å². The van der Waals surface area contributed by atoms with Crippen LogP contribution in [-0.2, 0) is 16.4 Å². The lowest BCUT2D eigenvalue weighted by atomic mass is 10.1. The number of carboxylic acid groups (broad SMARTS) is 1. The highest BCUT2D eigenvalue weighted by Crippen LogP contribution is 2.21. The number of ether oxygens (including phenoxy) is 1. The van der Waals surface area contributed by atoms with Gasteiger partial charge >= 0.3 is 5.97 Å². The van der Waals surface area contributed by atoms with Crippen LogP contribution in [0, 0.1) is 0 Å². The Bertz CT molecular complexity index is 881. The van der Waals surface area contributed by atoms with Crippen LogP contribution >= 0.6 is 0 Å². The number of benzene rings is 2. The summed E-state index contributed by atoms with van der Waals surface area (Å²) in [4.78, 5) is 11.3. The summed E-state index contributed by atoms with van der Waals surface area (Å²) in [6.07, 6.45) is 0.654. The van der Waals surface area contributed by atoms with Crippen LogP contribution in [0.5, 0.6) is 5.75 Å². The van der Waals surface area contributed by atoms with Crippen LogP contribution in [0.15, 0.2) is 47.4 Å². The van der Waals surface area contributed by atoms with E-state index in [4.69, 9.17) is 9.84 Å². The molecule has 0 amide bonds. The molecule has 0 aliphatic heterocycles. The van der Waals surface area contributed by atoms with E-state index in [0.717, 1.165) is 17.4 Å². The van der Waals surface area contributed by atoms with Crippen molar-refractivity contribution in [2.75, 3.05) is 32.1 Å². The number of aliphatic hydroxyl groups excluding tert-OH is 1. The Labute approximate surface area is 157 Å². The molecular weight excluding hydrogens is 372 g/mol. The highest BCUT2D eigenvalue weighted by molar-refractivity contribution is 7.89. The molecule has 8 nitrogen and oxygen atoms in total. The van der Waals surface area contributed by atoms with Gasteiger partial charge in [0.15, 0.2) is 0 Å². The Morgan fingerprint density at radius 3 is 2.41 bits per heavy atom. The lowest BCUT2D eigenvalue weighted by Gasteiger charge is -2.12. The quantitative estimate of drug-likeness (QED) is 0.479. The van der Waals surface area contributed by atoms with Crippen LogP contribution in [0.25, 0.3) is 0 Å². The number of carbonyl (C=O) groups is 1. The van der Waals surface area contributed by atoms with E-state index in [9.17, 15) is 18.3 Å². The second-order valence-corrected chi connectivity index (χ2v) is 7.43. The Hall–Kier alpha value is -2.62. The monoisotopic (exact) mass is 394 g/mol. The molecule has 0 aliphatic carbocycles. The standard InChI is InChI=1S/C18H22N2O6S/c1-26-14-4-2-13(3-5-14)8-9-19-17-7-6-15(12-16(17)18(22)23)27(24,25)20-10-11-21/h2-7,12,19-21H,8-11H2,1H3,(H,22,23). The summed E-state index contributed by atoms with van der Waals surface area (Å²) in [5, 5.41) is 21.2. The number of anilines is 1. The van der Waals surface area contributed by atoms with Gasteiger partial charge in [-0.2, -0.15) is 0 Å². The fraction of sp³-hybridized carbons (Fsp3) is 0.278. The Kier molecular flexibility index (Phi) is 7.17. The molecule has 2 aromatic carbocycles. The zero-order valence-corrected chi connectivity index (χ0v) is 15.6. The summed E-state index contributed by atoms with van der Waals surface area (Å²) in [5.74, 6) is -0.479. The largest absolute Gasteiger partial charge is 0.497 e. The molecule has 0 atom stereocenters. The highest BCUT2D eigenvalue weighted by atomic mass is 32.2. The molecule has 0 heterocycles. The molecule has 0 bridgehead atoms. The first-order valence-electron chi connectivity index (χ1n) is 8.22. The smallest absolute Gasteiger partial charge is 0.337 e. The number of nitrogens with one attached hydrogen (secondary N) is 2. The third kappa shape index (κ3) is 5.68. The number of carboxylic acids is 1. The second kappa shape index (κ2) is 9.36. The fourth-order valence-corrected chi connectivity index (χ4v) is 3.47. The van der Waals surface area contributed by atoms with Crippen LogP contribution in [0.4, 0.5) is 5.69 Å². The van der Waals surface area contributed by atoms with Crippen molar-refractivity contribution in [2.45, 2.75) is 11.3 Å². The molecule has 0 saturated carbocycles. The van der Waals surface area contributed by atoms with Gasteiger partial charge in [0, 0.05) is 18.8 Å². The van der Waals surface area contributed by atoms with E-state index >= 15 is 0 Å². The molecular formula is C18H22N2O6S. The van der Waals surface area contributed by atoms with Crippen molar-refractivity contribution in [3.05, 3.63) is 53.6 Å². The topological polar surface area (TPSA) is 125 Å². The maximum atomic E-state index is 12.1. The molecule has 0 aromatic heterocycles. The molecule has 27 heavy (non-hydrogen) atoms. The first-order chi connectivity index (χ1) is 12.9. The summed E-state index contributed by atoms with van der Waals surface area (Å²) in [5.41, 5.74) is 1.24. The number of hydrogen-bond acceptors (Lipinski definition) is 6. The van der Waals surface area contributed by atoms with Crippen LogP contribution in [0.3, 0.4) is 0 Å². The second-order valence-electron chi connectivity index (χ2n) is 5.66. The molecule has 2 rings (SSSR count). The minimum atomic E-state index is -3.88. The maximum absolute atomic E-state index is 12.1. The number of rotatable bonds is 10. The molecule has 146 valence electrons. The Balaban J connectivity index is 2.10. The van der Waals surface area contributed by atoms with E-state index in [2.05, 4.69) is 10.0 Å². The van der Waals surface area contributed by atoms with Gasteiger partial charge in [0.25, 0.3) is 0 Å². The van der Waals surface area contributed by atoms with E-state index in [0.29, 0.717) is 18.7 Å². The average molecular weight is 394 g/mol. The van der Waals surface area contributed by atoms with Gasteiger partial charge in [-0.15, -0.1) is 0 Å². The molecule has 0 unspecified atom stereocenters. The first-order valence-corrected chi connectivity index (χ1v) is 9.70. The van der Waals surface area contributed by atoms with Crippen molar-refractivity contribution >= 4 is 21.7 Å². The minimum Gasteiger partial charge on any atom is -0.497 e. The van der Waals surface area contributed by atoms with Crippen LogP contribution in [0.2, 0.25) is 0 Å². The first kappa shape index (κ1) is 20.7. The van der Waals surface area contributed by atoms with E-state index < -0.39 is 16.0 Å². The summed E-state index contributed by atoms with van der Waals surface area (Å²) in [6, 6.07) is 11.4. The van der Waals surface area contributed by atoms with Crippen molar-refractivity contribution in [3.63, 3.8) is 0 Å². The van der Waals surface area contributed by atoms with Crippen molar-refractivity contribution in [1.29, 1.82) is 0 Å². The molecule has 0 spiro atoms. The third-order valence-electron chi connectivity index (χ3n) is 3.82. The van der Waals surface area contributed by atoms with Gasteiger partial charge < -0.3 is 20.3 Å². The van der Waals surface area contributed by atoms with Gasteiger partial charge in [-0.1, -0.05) is 12.1 Å². The van der Waals surface area contributed by atoms with E-state index in [1.54, 1.807) is 7.11 Å². The lowest BCUT2D eigenvalue weighted by molar-refractivity contribution is 0.0697. The summed E-state index contributed by atoms with van der Waals surface area (Å²) in [6.45, 7) is -0.0237. The fourth-order valence-electron chi connectivity index (χ4n) is 2.42. The molecule has 2 aromatic rings. The van der Waals surface area contributed by atoms with Crippen LogP contribution in [-0.4, -0.2) is 51.4 Å². The minimum absolute atomic E-state index is 0.142. The molecule has 0 aliphatic rings. The third-order valence-corrected chi connectivity index (χ3v) is 5.28. The van der Waals surface area contributed by atoms with Gasteiger partial charge in [0.05, 0.1) is 24.2 Å². The van der Waals surface area contributed by atoms with Crippen molar-refractivity contribution in [2.24, 2.45) is 0 Å². The highest BCUT2D eigenvalue weighted by Gasteiger charge is 2.18. The summed E-state index contributed by atoms with van der Waals surface area (Å²) in [7, 11) is -2.29. The molecule has 0 saturated heterocycles. The number of methoxy groups -OCH3 is 1. The van der Waals surface area contributed by atoms with Gasteiger partial charge in [-0.05, 0) is 42.3 Å². The van der Waals surface area contributed by atoms with Gasteiger partial charge in [-0.25, -0.2) is 17.9 Å². The number of sulfonamides is 1. The van der Waals surface area contributed by atoms with E-state index in [1.165, 1.54) is 12.1 Å². The number of aliphatic hydroxyl groups is 1. The van der Waals surface area contributed by atoms with Gasteiger partial charge in [0.1, 0.15) is 5.75 Å². The van der Waals surface area contributed by atoms with Gasteiger partial charge in [0.2, 0.25) is 10.0 Å². The molecule has 0 fully saturated rings. The van der Waals surface area contributed by atoms with Crippen molar-refractivity contribution < 1.29 is 28.2 Å². The van der Waals surface area contributed by atoms with Crippen molar-refractivity contribution in [1.82, 2.24) is 4.72 Å². The lowest BCUT2D eigenvalue weighted by Crippen LogP contribution is -2.27. The van der Waals surface area contributed by atoms with Gasteiger partial charge in [-0.3, -0.25) is 0 Å². The van der Waals surface area contributed by atoms with E-state index in [1.807, 2.05) is 24.3 Å². The van der Waals surface area contributed by atoms with Crippen LogP contribution in [0.1, 0.15) is 15.9 Å². The van der Waals surface area contributed by atoms with E-state index in [-0.39, 0.29) is 23.6 Å². The summed E-state index contributed by atoms with van der Waals surface area (Å²) < 4.78 is 31.4. The molecule has 0 radical (unpaired) electrons. The predicted octanol–water partition coefficient (Wildman–Crippen LogP) is 1.32. The Morgan fingerprint density at radius 1 is 1.11 bits per heavy atom. The molecule has 4 N–H and O–H groups in total. The average Bonchev–Trinajstić information content (AvgIpc) is 2.67. The summed E-state index contributed by atoms with van der Waals surface area (Å²) >= 11 is 0. The predicted molar refractivity (Wildman–Crippen MR) is 101 cm³/mol. The molecule has 9 heteroatoms. The zero-order valence-electron chi connectivity index (χ0n) is 14.8. The SMILES string of the molecule is COc1ccc(CCNc2ccc(S(=O)(=O)NCCO)cc2C(=O)O)cc1. The zero-order chi connectivity index (χ0) is 19.9. The normalized spacial score (nSPS) is 11.2. The number of hydrogen-bond donors (Lipinski definition) is 4. The Morgan fingerprint density at radius 2 is 1.81 bits per heavy atom. The number of aromatic carboxylic acids is 1. The van der Waals surface area contributed by atoms with Crippen LogP contribution < -0.4 is 14.8 Å². The maximum Gasteiger partial charge on any atom is 0.337 e.